The Morgan fingerprint density at radius 3 is 2.38 bits per heavy atom. The van der Waals surface area contributed by atoms with Crippen LogP contribution in [0.25, 0.3) is 0 Å². The van der Waals surface area contributed by atoms with E-state index in [-0.39, 0.29) is 18.7 Å². The molecule has 0 aromatic heterocycles. The van der Waals surface area contributed by atoms with E-state index in [1.165, 1.54) is 0 Å². The SMILES string of the molecule is CCC(CC)(CC(=O)O)NC(=O)Cc1ccc(Br)cc1C. The molecule has 1 amide bonds. The van der Waals surface area contributed by atoms with E-state index in [1.54, 1.807) is 0 Å². The number of carbonyl (C=O) groups is 2. The second kappa shape index (κ2) is 7.59. The van der Waals surface area contributed by atoms with Crippen molar-refractivity contribution >= 4 is 27.8 Å². The summed E-state index contributed by atoms with van der Waals surface area (Å²) in [6.07, 6.45) is 1.41. The third-order valence-electron chi connectivity index (χ3n) is 3.90. The lowest BCUT2D eigenvalue weighted by Crippen LogP contribution is -2.49. The number of carbonyl (C=O) groups excluding carboxylic acids is 1. The molecule has 0 aliphatic heterocycles. The lowest BCUT2D eigenvalue weighted by atomic mass is 9.88. The Balaban J connectivity index is 2.80. The van der Waals surface area contributed by atoms with Gasteiger partial charge in [0.15, 0.2) is 0 Å². The number of benzene rings is 1. The predicted molar refractivity (Wildman–Crippen MR) is 86.3 cm³/mol. The Morgan fingerprint density at radius 2 is 1.90 bits per heavy atom. The van der Waals surface area contributed by atoms with Crippen LogP contribution in [0, 0.1) is 6.92 Å². The Kier molecular flexibility index (Phi) is 6.40. The van der Waals surface area contributed by atoms with E-state index >= 15 is 0 Å². The van der Waals surface area contributed by atoms with Gasteiger partial charge in [0, 0.05) is 10.0 Å². The number of carboxylic acid groups (broad SMARTS) is 1. The summed E-state index contributed by atoms with van der Waals surface area (Å²) in [6.45, 7) is 5.76. The number of amides is 1. The van der Waals surface area contributed by atoms with E-state index in [1.807, 2.05) is 39.0 Å². The second-order valence-corrected chi connectivity index (χ2v) is 6.27. The Labute approximate surface area is 134 Å². The van der Waals surface area contributed by atoms with Gasteiger partial charge in [-0.3, -0.25) is 9.59 Å². The van der Waals surface area contributed by atoms with Crippen molar-refractivity contribution in [1.29, 1.82) is 0 Å². The van der Waals surface area contributed by atoms with Gasteiger partial charge in [0.2, 0.25) is 5.91 Å². The lowest BCUT2D eigenvalue weighted by Gasteiger charge is -2.31. The molecule has 2 N–H and O–H groups in total. The van der Waals surface area contributed by atoms with E-state index < -0.39 is 11.5 Å². The van der Waals surface area contributed by atoms with Gasteiger partial charge >= 0.3 is 5.97 Å². The molecule has 0 aliphatic carbocycles. The van der Waals surface area contributed by atoms with E-state index in [0.717, 1.165) is 15.6 Å². The standard InChI is InChI=1S/C16H22BrNO3/c1-4-16(5-2,10-15(20)21)18-14(19)9-12-6-7-13(17)8-11(12)3/h6-8H,4-5,9-10H2,1-3H3,(H,18,19)(H,20,21). The highest BCUT2D eigenvalue weighted by molar-refractivity contribution is 9.10. The quantitative estimate of drug-likeness (QED) is 0.786. The molecule has 4 nitrogen and oxygen atoms in total. The van der Waals surface area contributed by atoms with Crippen LogP contribution in [0.15, 0.2) is 22.7 Å². The highest BCUT2D eigenvalue weighted by Gasteiger charge is 2.30. The van der Waals surface area contributed by atoms with Gasteiger partial charge in [-0.25, -0.2) is 0 Å². The number of aryl methyl sites for hydroxylation is 1. The van der Waals surface area contributed by atoms with Crippen LogP contribution in [0.3, 0.4) is 0 Å². The van der Waals surface area contributed by atoms with Crippen LogP contribution in [-0.2, 0) is 16.0 Å². The zero-order chi connectivity index (χ0) is 16.0. The summed E-state index contributed by atoms with van der Waals surface area (Å²) in [7, 11) is 0. The summed E-state index contributed by atoms with van der Waals surface area (Å²) in [5.74, 6) is -1.02. The lowest BCUT2D eigenvalue weighted by molar-refractivity contribution is -0.139. The molecular formula is C16H22BrNO3. The molecule has 5 heteroatoms. The average molecular weight is 356 g/mol. The van der Waals surface area contributed by atoms with Crippen molar-refractivity contribution in [2.45, 2.75) is 52.0 Å². The monoisotopic (exact) mass is 355 g/mol. The largest absolute Gasteiger partial charge is 0.481 e. The number of nitrogens with one attached hydrogen (secondary N) is 1. The normalized spacial score (nSPS) is 11.2. The highest BCUT2D eigenvalue weighted by Crippen LogP contribution is 2.21. The van der Waals surface area contributed by atoms with Crippen molar-refractivity contribution in [1.82, 2.24) is 5.32 Å². The van der Waals surface area contributed by atoms with Gasteiger partial charge in [0.1, 0.15) is 0 Å². The van der Waals surface area contributed by atoms with Gasteiger partial charge in [-0.05, 0) is 43.0 Å². The molecule has 0 fully saturated rings. The summed E-state index contributed by atoms with van der Waals surface area (Å²) < 4.78 is 0.978. The van der Waals surface area contributed by atoms with Gasteiger partial charge < -0.3 is 10.4 Å². The van der Waals surface area contributed by atoms with Crippen molar-refractivity contribution < 1.29 is 14.7 Å². The zero-order valence-corrected chi connectivity index (χ0v) is 14.3. The molecule has 21 heavy (non-hydrogen) atoms. The Bertz CT molecular complexity index is 524. The molecule has 0 bridgehead atoms. The number of aliphatic carboxylic acids is 1. The van der Waals surface area contributed by atoms with E-state index in [4.69, 9.17) is 5.11 Å². The summed E-state index contributed by atoms with van der Waals surface area (Å²) in [4.78, 5) is 23.3. The van der Waals surface area contributed by atoms with Crippen LogP contribution in [0.1, 0.15) is 44.2 Å². The maximum Gasteiger partial charge on any atom is 0.305 e. The molecule has 0 saturated carbocycles. The maximum absolute atomic E-state index is 12.2. The third kappa shape index (κ3) is 5.16. The van der Waals surface area contributed by atoms with Gasteiger partial charge in [0.25, 0.3) is 0 Å². The summed E-state index contributed by atoms with van der Waals surface area (Å²) in [5, 5.41) is 12.0. The van der Waals surface area contributed by atoms with Crippen molar-refractivity contribution in [2.75, 3.05) is 0 Å². The number of hydrogen-bond donors (Lipinski definition) is 2. The van der Waals surface area contributed by atoms with Gasteiger partial charge in [-0.2, -0.15) is 0 Å². The number of halogens is 1. The molecular weight excluding hydrogens is 334 g/mol. The predicted octanol–water partition coefficient (Wildman–Crippen LogP) is 3.45. The minimum atomic E-state index is -0.890. The van der Waals surface area contributed by atoms with Gasteiger partial charge in [-0.1, -0.05) is 35.8 Å². The van der Waals surface area contributed by atoms with Crippen LogP contribution in [0.2, 0.25) is 0 Å². The van der Waals surface area contributed by atoms with E-state index in [0.29, 0.717) is 12.8 Å². The molecule has 116 valence electrons. The van der Waals surface area contributed by atoms with Gasteiger partial charge in [0.05, 0.1) is 12.8 Å². The smallest absolute Gasteiger partial charge is 0.305 e. The van der Waals surface area contributed by atoms with Gasteiger partial charge in [-0.15, -0.1) is 0 Å². The van der Waals surface area contributed by atoms with Crippen LogP contribution in [0.4, 0.5) is 0 Å². The molecule has 0 saturated heterocycles. The van der Waals surface area contributed by atoms with Crippen molar-refractivity contribution in [3.8, 4) is 0 Å². The fourth-order valence-corrected chi connectivity index (χ4v) is 2.86. The number of carboxylic acids is 1. The first-order valence-electron chi connectivity index (χ1n) is 7.09. The van der Waals surface area contributed by atoms with Crippen LogP contribution >= 0.6 is 15.9 Å². The summed E-state index contributed by atoms with van der Waals surface area (Å²) >= 11 is 3.40. The molecule has 0 spiro atoms. The molecule has 1 aromatic carbocycles. The molecule has 0 aliphatic rings. The average Bonchev–Trinajstić information content (AvgIpc) is 2.40. The molecule has 1 rings (SSSR count). The molecule has 1 aromatic rings. The Hall–Kier alpha value is -1.36. The van der Waals surface area contributed by atoms with E-state index in [9.17, 15) is 9.59 Å². The first kappa shape index (κ1) is 17.7. The minimum absolute atomic E-state index is 0.0505. The molecule has 0 heterocycles. The van der Waals surface area contributed by atoms with Crippen molar-refractivity contribution in [3.05, 3.63) is 33.8 Å². The van der Waals surface area contributed by atoms with Crippen LogP contribution < -0.4 is 5.32 Å². The summed E-state index contributed by atoms with van der Waals surface area (Å²) in [5.41, 5.74) is 1.33. The number of hydrogen-bond acceptors (Lipinski definition) is 2. The third-order valence-corrected chi connectivity index (χ3v) is 4.40. The molecule has 0 radical (unpaired) electrons. The van der Waals surface area contributed by atoms with Crippen molar-refractivity contribution in [2.24, 2.45) is 0 Å². The second-order valence-electron chi connectivity index (χ2n) is 5.35. The molecule has 0 unspecified atom stereocenters. The highest BCUT2D eigenvalue weighted by atomic mass is 79.9. The van der Waals surface area contributed by atoms with Crippen LogP contribution in [-0.4, -0.2) is 22.5 Å². The van der Waals surface area contributed by atoms with Crippen molar-refractivity contribution in [3.63, 3.8) is 0 Å². The minimum Gasteiger partial charge on any atom is -0.481 e. The van der Waals surface area contributed by atoms with E-state index in [2.05, 4.69) is 21.2 Å². The zero-order valence-electron chi connectivity index (χ0n) is 12.7. The topological polar surface area (TPSA) is 66.4 Å². The fourth-order valence-electron chi connectivity index (χ4n) is 2.38. The summed E-state index contributed by atoms with van der Waals surface area (Å²) in [6, 6.07) is 5.78. The molecule has 0 atom stereocenters. The Morgan fingerprint density at radius 1 is 1.29 bits per heavy atom. The first-order valence-corrected chi connectivity index (χ1v) is 7.89. The number of rotatable bonds is 7. The fraction of sp³-hybridized carbons (Fsp3) is 0.500. The first-order chi connectivity index (χ1) is 9.81. The maximum atomic E-state index is 12.2. The van der Waals surface area contributed by atoms with Crippen LogP contribution in [0.5, 0.6) is 0 Å².